The van der Waals surface area contributed by atoms with Gasteiger partial charge in [0.15, 0.2) is 0 Å². The predicted octanol–water partition coefficient (Wildman–Crippen LogP) is 19.1. The minimum Gasteiger partial charge on any atom is -0.394 e. The summed E-state index contributed by atoms with van der Waals surface area (Å²) in [5, 5.41) is 23.4. The van der Waals surface area contributed by atoms with Crippen molar-refractivity contribution in [3.63, 3.8) is 0 Å². The first-order valence-electron chi connectivity index (χ1n) is 31.5. The molecule has 0 bridgehead atoms. The van der Waals surface area contributed by atoms with Crippen LogP contribution in [0.3, 0.4) is 0 Å². The van der Waals surface area contributed by atoms with Gasteiger partial charge in [-0.1, -0.05) is 290 Å². The fourth-order valence-corrected chi connectivity index (χ4v) is 11.1. The zero-order chi connectivity index (χ0) is 50.3. The Morgan fingerprint density at radius 1 is 0.391 bits per heavy atom. The van der Waals surface area contributed by atoms with Crippen molar-refractivity contribution in [2.75, 3.05) is 52.3 Å². The highest BCUT2D eigenvalue weighted by Gasteiger charge is 2.31. The molecule has 69 heavy (non-hydrogen) atoms. The van der Waals surface area contributed by atoms with Gasteiger partial charge in [0.25, 0.3) is 0 Å². The highest BCUT2D eigenvalue weighted by molar-refractivity contribution is 7.94. The van der Waals surface area contributed by atoms with Gasteiger partial charge >= 0.3 is 0 Å². The molecule has 0 atom stereocenters. The summed E-state index contributed by atoms with van der Waals surface area (Å²) in [5.74, 6) is 0.781. The summed E-state index contributed by atoms with van der Waals surface area (Å²) in [6, 6.07) is 0. The summed E-state index contributed by atoms with van der Waals surface area (Å²) < 4.78 is 7.15. The second-order valence-corrected chi connectivity index (χ2v) is 23.6. The Kier molecular flexibility index (Phi) is 55.1. The fourth-order valence-electron chi connectivity index (χ4n) is 10.4. The number of hydrogen-bond acceptors (Lipinski definition) is 5. The maximum atomic E-state index is 12.9. The van der Waals surface area contributed by atoms with Crippen molar-refractivity contribution in [3.8, 4) is 0 Å². The molecule has 0 spiro atoms. The first-order chi connectivity index (χ1) is 33.9. The Morgan fingerprint density at radius 3 is 0.913 bits per heavy atom. The van der Waals surface area contributed by atoms with Gasteiger partial charge in [-0.15, -0.1) is 0 Å². The third-order valence-corrected chi connectivity index (χ3v) is 16.2. The molecule has 0 saturated heterocycles. The van der Waals surface area contributed by atoms with E-state index >= 15 is 0 Å². The number of amides is 1. The van der Waals surface area contributed by atoms with E-state index in [-0.39, 0.29) is 25.7 Å². The minimum atomic E-state index is -1.13. The lowest BCUT2D eigenvalue weighted by Crippen LogP contribution is -2.57. The fraction of sp³-hybridized carbons (Fsp3) is 0.984. The molecule has 7 heteroatoms. The van der Waals surface area contributed by atoms with Gasteiger partial charge in [0.1, 0.15) is 5.54 Å². The quantitative estimate of drug-likeness (QED) is 0.0321. The van der Waals surface area contributed by atoms with Gasteiger partial charge in [-0.05, 0) is 44.1 Å². The lowest BCUT2D eigenvalue weighted by molar-refractivity contribution is -0.910. The van der Waals surface area contributed by atoms with Crippen molar-refractivity contribution in [3.05, 3.63) is 0 Å². The van der Waals surface area contributed by atoms with Gasteiger partial charge in [-0.2, -0.15) is 0 Å². The molecule has 0 radical (unpaired) electrons. The molecule has 0 rings (SSSR count). The molecule has 0 heterocycles. The first kappa shape index (κ1) is 68.7. The molecule has 3 N–H and O–H groups in total. The molecule has 0 aromatic heterocycles. The van der Waals surface area contributed by atoms with Gasteiger partial charge in [0.05, 0.1) is 46.5 Å². The second kappa shape index (κ2) is 55.4. The molecule has 0 aliphatic carbocycles. The van der Waals surface area contributed by atoms with E-state index in [1.165, 1.54) is 314 Å². The van der Waals surface area contributed by atoms with E-state index in [9.17, 15) is 15.0 Å². The summed E-state index contributed by atoms with van der Waals surface area (Å²) in [6.45, 7) is 10.0. The number of aliphatic hydroxyl groups is 2. The smallest absolute Gasteiger partial charge is 0.220 e. The number of nitrogens with zero attached hydrogens (tertiary/aromatic N) is 1. The maximum absolute atomic E-state index is 12.9. The Labute approximate surface area is 438 Å². The van der Waals surface area contributed by atoms with Crippen LogP contribution in [0.1, 0.15) is 335 Å². The number of unbranched alkanes of at least 4 members (excludes halogenated alkanes) is 44. The van der Waals surface area contributed by atoms with Crippen molar-refractivity contribution >= 4 is 17.9 Å². The van der Waals surface area contributed by atoms with Crippen LogP contribution in [0.15, 0.2) is 0 Å². The summed E-state index contributed by atoms with van der Waals surface area (Å²) in [4.78, 5) is 12.9. The molecular formula is C62H127N2O4S+. The van der Waals surface area contributed by atoms with Crippen LogP contribution >= 0.6 is 12.0 Å². The van der Waals surface area contributed by atoms with E-state index in [4.69, 9.17) is 4.18 Å². The van der Waals surface area contributed by atoms with E-state index in [0.717, 1.165) is 36.0 Å². The van der Waals surface area contributed by atoms with Gasteiger partial charge in [-0.3, -0.25) is 4.79 Å². The summed E-state index contributed by atoms with van der Waals surface area (Å²) in [7, 11) is 2.50. The molecule has 0 aliphatic heterocycles. The zero-order valence-corrected chi connectivity index (χ0v) is 48.5. The van der Waals surface area contributed by atoms with Crippen LogP contribution in [0.2, 0.25) is 0 Å². The molecular weight excluding hydrogens is 869 g/mol. The average molecular weight is 997 g/mol. The molecule has 0 fully saturated rings. The highest BCUT2D eigenvalue weighted by atomic mass is 32.2. The molecule has 0 aromatic carbocycles. The SMILES string of the molecule is CCCCCCCCCCCCCCCCCC[N+](C)(CCCCCCCCCCCCCCCCCC)CCCSOCC(CO)(CO)NC(=O)CCCCCCCCCCCCCCCCC. The van der Waals surface area contributed by atoms with E-state index < -0.39 is 5.54 Å². The third-order valence-electron chi connectivity index (χ3n) is 15.5. The molecule has 0 aromatic rings. The van der Waals surface area contributed by atoms with Crippen LogP contribution in [0.25, 0.3) is 0 Å². The Balaban J connectivity index is 4.46. The number of carbonyl (C=O) groups excluding carboxylic acids is 1. The Bertz CT molecular complexity index is 959. The molecule has 0 aliphatic rings. The lowest BCUT2D eigenvalue weighted by Gasteiger charge is -2.35. The predicted molar refractivity (Wildman–Crippen MR) is 307 cm³/mol. The van der Waals surface area contributed by atoms with Gasteiger partial charge in [0, 0.05) is 18.6 Å². The normalized spacial score (nSPS) is 12.1. The number of carbonyl (C=O) groups is 1. The molecule has 0 saturated carbocycles. The third kappa shape index (κ3) is 49.6. The second-order valence-electron chi connectivity index (χ2n) is 22.7. The molecule has 1 amide bonds. The van der Waals surface area contributed by atoms with Crippen molar-refractivity contribution < 1.29 is 23.7 Å². The number of hydrogen-bond donors (Lipinski definition) is 3. The standard InChI is InChI=1S/C62H126N2O4S/c1-5-8-11-14-17-20-23-26-29-32-35-38-41-44-47-50-54-64(4,55-51-48-45-42-39-36-33-30-27-24-21-18-15-12-9-6-2)56-52-57-69-68-60-62(58-65,59-66)63-61(67)53-49-46-43-40-37-34-31-28-25-22-19-16-13-10-7-3/h65-66H,5-60H2,1-4H3/p+1. The number of aliphatic hydroxyl groups excluding tert-OH is 2. The van der Waals surface area contributed by atoms with Gasteiger partial charge in [-0.25, -0.2) is 0 Å². The Morgan fingerprint density at radius 2 is 0.638 bits per heavy atom. The topological polar surface area (TPSA) is 78.8 Å². The van der Waals surface area contributed by atoms with Crippen molar-refractivity contribution in [2.45, 2.75) is 341 Å². The maximum Gasteiger partial charge on any atom is 0.220 e. The van der Waals surface area contributed by atoms with Crippen molar-refractivity contribution in [1.82, 2.24) is 5.32 Å². The first-order valence-corrected chi connectivity index (χ1v) is 32.4. The Hall–Kier alpha value is -0.340. The van der Waals surface area contributed by atoms with Crippen LogP contribution in [0.4, 0.5) is 0 Å². The largest absolute Gasteiger partial charge is 0.394 e. The van der Waals surface area contributed by atoms with Crippen LogP contribution in [-0.4, -0.2) is 78.4 Å². The highest BCUT2D eigenvalue weighted by Crippen LogP contribution is 2.20. The van der Waals surface area contributed by atoms with Gasteiger partial charge < -0.3 is 24.2 Å². The monoisotopic (exact) mass is 996 g/mol. The molecule has 6 nitrogen and oxygen atoms in total. The van der Waals surface area contributed by atoms with Crippen LogP contribution in [0, 0.1) is 0 Å². The summed E-state index contributed by atoms with van der Waals surface area (Å²) >= 11 is 1.43. The van der Waals surface area contributed by atoms with E-state index in [1.807, 2.05) is 0 Å². The number of nitrogens with one attached hydrogen (secondary N) is 1. The average Bonchev–Trinajstić information content (AvgIpc) is 3.35. The lowest BCUT2D eigenvalue weighted by atomic mass is 10.0. The van der Waals surface area contributed by atoms with Crippen LogP contribution in [0.5, 0.6) is 0 Å². The zero-order valence-electron chi connectivity index (χ0n) is 47.7. The molecule has 0 unspecified atom stereocenters. The van der Waals surface area contributed by atoms with Crippen molar-refractivity contribution in [2.24, 2.45) is 0 Å². The van der Waals surface area contributed by atoms with E-state index in [0.29, 0.717) is 6.42 Å². The summed E-state index contributed by atoms with van der Waals surface area (Å²) in [6.07, 6.45) is 66.2. The minimum absolute atomic E-state index is 0.0994. The van der Waals surface area contributed by atoms with Gasteiger partial charge in [0.2, 0.25) is 5.91 Å². The summed E-state index contributed by atoms with van der Waals surface area (Å²) in [5.41, 5.74) is -1.13. The van der Waals surface area contributed by atoms with E-state index in [1.54, 1.807) is 0 Å². The van der Waals surface area contributed by atoms with E-state index in [2.05, 4.69) is 33.1 Å². The number of rotatable bonds is 60. The van der Waals surface area contributed by atoms with Crippen LogP contribution in [-0.2, 0) is 8.98 Å². The van der Waals surface area contributed by atoms with Crippen molar-refractivity contribution in [1.29, 1.82) is 0 Å². The number of quaternary nitrogens is 1. The molecule has 414 valence electrons. The van der Waals surface area contributed by atoms with Crippen LogP contribution < -0.4 is 5.32 Å².